The lowest BCUT2D eigenvalue weighted by atomic mass is 10.0. The summed E-state index contributed by atoms with van der Waals surface area (Å²) in [6.45, 7) is 3.47. The molecule has 0 fully saturated rings. The van der Waals surface area contributed by atoms with E-state index in [-0.39, 0.29) is 32.6 Å². The lowest BCUT2D eigenvalue weighted by Gasteiger charge is -2.19. The molecule has 0 radical (unpaired) electrons. The third-order valence-corrected chi connectivity index (χ3v) is 13.7. The average molecular weight is 1120 g/mol. The number of phosphoric ester groups is 1. The van der Waals surface area contributed by atoms with Gasteiger partial charge in [0.05, 0.1) is 13.2 Å². The Morgan fingerprint density at radius 3 is 0.987 bits per heavy atom. The Morgan fingerprint density at radius 2 is 0.658 bits per heavy atom. The first-order valence-corrected chi connectivity index (χ1v) is 32.8. The Hall–Kier alpha value is -4.11. The lowest BCUT2D eigenvalue weighted by Crippen LogP contribution is -2.29. The van der Waals surface area contributed by atoms with E-state index >= 15 is 0 Å². The van der Waals surface area contributed by atoms with E-state index in [4.69, 9.17) is 24.3 Å². The number of rotatable bonds is 57. The first-order chi connectivity index (χ1) is 38.8. The molecule has 0 aromatic rings. The number of phosphoric acid groups is 1. The monoisotopic (exact) mass is 1120 g/mol. The summed E-state index contributed by atoms with van der Waals surface area (Å²) in [4.78, 5) is 35.3. The van der Waals surface area contributed by atoms with E-state index in [0.717, 1.165) is 116 Å². The summed E-state index contributed by atoms with van der Waals surface area (Å²) >= 11 is 0. The summed E-state index contributed by atoms with van der Waals surface area (Å²) in [7, 11) is -4.41. The molecule has 0 saturated heterocycles. The highest BCUT2D eigenvalue weighted by Crippen LogP contribution is 2.43. The lowest BCUT2D eigenvalue weighted by molar-refractivity contribution is -0.161. The van der Waals surface area contributed by atoms with Gasteiger partial charge in [-0.2, -0.15) is 0 Å². The highest BCUT2D eigenvalue weighted by atomic mass is 31.2. The van der Waals surface area contributed by atoms with Gasteiger partial charge in [-0.15, -0.1) is 0 Å². The van der Waals surface area contributed by atoms with E-state index in [0.29, 0.717) is 6.42 Å². The van der Waals surface area contributed by atoms with Gasteiger partial charge in [0.2, 0.25) is 0 Å². The summed E-state index contributed by atoms with van der Waals surface area (Å²) in [6.07, 6.45) is 90.6. The van der Waals surface area contributed by atoms with Crippen molar-refractivity contribution < 1.29 is 37.6 Å². The van der Waals surface area contributed by atoms with Gasteiger partial charge in [-0.05, 0) is 116 Å². The zero-order chi connectivity index (χ0) is 57.3. The largest absolute Gasteiger partial charge is 0.472 e. The second-order valence-corrected chi connectivity index (χ2v) is 21.6. The van der Waals surface area contributed by atoms with Crippen LogP contribution in [0.2, 0.25) is 0 Å². The number of carbonyl (C=O) groups is 2. The Morgan fingerprint density at radius 1 is 0.380 bits per heavy atom. The smallest absolute Gasteiger partial charge is 0.462 e. The van der Waals surface area contributed by atoms with Crippen LogP contribution in [0.1, 0.15) is 245 Å². The Bertz CT molecular complexity index is 1800. The van der Waals surface area contributed by atoms with Crippen LogP contribution < -0.4 is 5.73 Å². The fourth-order valence-electron chi connectivity index (χ4n) is 8.17. The molecule has 3 N–H and O–H groups in total. The van der Waals surface area contributed by atoms with Gasteiger partial charge in [-0.25, -0.2) is 4.57 Å². The van der Waals surface area contributed by atoms with Crippen molar-refractivity contribution in [3.8, 4) is 0 Å². The first-order valence-electron chi connectivity index (χ1n) is 31.3. The highest BCUT2D eigenvalue weighted by molar-refractivity contribution is 7.47. The Kier molecular flexibility index (Phi) is 59.8. The second-order valence-electron chi connectivity index (χ2n) is 20.2. The predicted octanol–water partition coefficient (Wildman–Crippen LogP) is 20.3. The standard InChI is InChI=1S/C69H114NO8P/c1-3-5-7-9-11-13-15-17-19-21-23-25-27-29-30-31-32-33-34-35-36-38-39-41-43-45-47-49-51-53-55-57-59-61-68(71)75-65-67(66-77-79(73,74)76-64-63-70)78-69(72)62-60-58-56-54-52-50-48-46-44-42-40-37-28-26-24-22-20-18-16-14-12-10-8-6-4-2/h5-8,11-14,17-20,23-26,29-30,37,40,44,46,50,52,67H,3-4,9-10,15-16,21-22,27-28,31-36,38-39,41-43,45,47-49,51,53-66,70H2,1-2H3,(H,73,74)/b7-5-,8-6-,13-11-,14-12-,19-17-,20-18-,25-23-,26-24-,30-29-,40-37-,46-44-,52-50-. The van der Waals surface area contributed by atoms with Gasteiger partial charge >= 0.3 is 19.8 Å². The van der Waals surface area contributed by atoms with Crippen LogP contribution in [0.3, 0.4) is 0 Å². The van der Waals surface area contributed by atoms with Crippen molar-refractivity contribution in [2.45, 2.75) is 251 Å². The van der Waals surface area contributed by atoms with Crippen molar-refractivity contribution in [1.82, 2.24) is 0 Å². The molecular formula is C69H114NO8P. The molecule has 2 unspecified atom stereocenters. The first kappa shape index (κ1) is 74.9. The van der Waals surface area contributed by atoms with Crippen molar-refractivity contribution in [2.24, 2.45) is 5.73 Å². The Labute approximate surface area is 484 Å². The maximum atomic E-state index is 12.7. The molecule has 0 amide bonds. The molecule has 0 spiro atoms. The summed E-state index contributed by atoms with van der Waals surface area (Å²) in [6, 6.07) is 0. The van der Waals surface area contributed by atoms with Crippen LogP contribution in [0.15, 0.2) is 146 Å². The second kappa shape index (κ2) is 63.1. The molecule has 0 aliphatic heterocycles. The summed E-state index contributed by atoms with van der Waals surface area (Å²) in [5.41, 5.74) is 5.39. The molecule has 0 rings (SSSR count). The third kappa shape index (κ3) is 62.9. The predicted molar refractivity (Wildman–Crippen MR) is 339 cm³/mol. The van der Waals surface area contributed by atoms with Crippen molar-refractivity contribution in [1.29, 1.82) is 0 Å². The van der Waals surface area contributed by atoms with Crippen LogP contribution in [-0.4, -0.2) is 49.3 Å². The number of hydrogen-bond donors (Lipinski definition) is 2. The van der Waals surface area contributed by atoms with Crippen molar-refractivity contribution >= 4 is 19.8 Å². The number of allylic oxidation sites excluding steroid dienone is 24. The molecule has 0 aromatic heterocycles. The van der Waals surface area contributed by atoms with Crippen molar-refractivity contribution in [3.63, 3.8) is 0 Å². The quantitative estimate of drug-likeness (QED) is 0.0264. The van der Waals surface area contributed by atoms with Crippen molar-refractivity contribution in [2.75, 3.05) is 26.4 Å². The van der Waals surface area contributed by atoms with E-state index in [1.807, 2.05) is 0 Å². The van der Waals surface area contributed by atoms with Gasteiger partial charge in [-0.1, -0.05) is 262 Å². The fraction of sp³-hybridized carbons (Fsp3) is 0.623. The van der Waals surface area contributed by atoms with E-state index in [1.165, 1.54) is 96.3 Å². The summed E-state index contributed by atoms with van der Waals surface area (Å²) < 4.78 is 33.1. The number of nitrogens with two attached hydrogens (primary N) is 1. The van der Waals surface area contributed by atoms with E-state index in [9.17, 15) is 19.0 Å². The van der Waals surface area contributed by atoms with Gasteiger partial charge in [0.1, 0.15) is 6.61 Å². The molecule has 10 heteroatoms. The fourth-order valence-corrected chi connectivity index (χ4v) is 8.94. The summed E-state index contributed by atoms with van der Waals surface area (Å²) in [5.74, 6) is -0.871. The normalized spacial score (nSPS) is 14.0. The minimum absolute atomic E-state index is 0.0407. The maximum absolute atomic E-state index is 12.7. The molecular weight excluding hydrogens is 1000 g/mol. The van der Waals surface area contributed by atoms with Gasteiger partial charge in [-0.3, -0.25) is 18.6 Å². The minimum atomic E-state index is -4.41. The molecule has 0 saturated carbocycles. The van der Waals surface area contributed by atoms with Crippen LogP contribution in [0.4, 0.5) is 0 Å². The SMILES string of the molecule is CC/C=C\C/C=C\C/C=C\C/C=C\C/C=C\C/C=C\C/C=C\CCCCCC(=O)OC(COC(=O)CCCCCCCCCCCCCCCCCCC/C=C\C/C=C\C/C=C\C/C=C\C/C=C\CC)COP(=O)(O)OCCN. The minimum Gasteiger partial charge on any atom is -0.462 e. The van der Waals surface area contributed by atoms with E-state index in [1.54, 1.807) is 0 Å². The highest BCUT2D eigenvalue weighted by Gasteiger charge is 2.26. The molecule has 79 heavy (non-hydrogen) atoms. The number of hydrogen-bond acceptors (Lipinski definition) is 8. The molecule has 9 nitrogen and oxygen atoms in total. The molecule has 0 bridgehead atoms. The topological polar surface area (TPSA) is 134 Å². The van der Waals surface area contributed by atoms with Crippen LogP contribution in [0, 0.1) is 0 Å². The molecule has 0 aliphatic rings. The maximum Gasteiger partial charge on any atom is 0.472 e. The van der Waals surface area contributed by atoms with E-state index in [2.05, 4.69) is 160 Å². The zero-order valence-corrected chi connectivity index (χ0v) is 50.9. The molecule has 0 aliphatic carbocycles. The van der Waals surface area contributed by atoms with Crippen LogP contribution in [-0.2, 0) is 32.7 Å². The van der Waals surface area contributed by atoms with Gasteiger partial charge in [0.15, 0.2) is 6.10 Å². The van der Waals surface area contributed by atoms with Crippen molar-refractivity contribution in [3.05, 3.63) is 146 Å². The molecule has 2 atom stereocenters. The van der Waals surface area contributed by atoms with Crippen LogP contribution in [0.25, 0.3) is 0 Å². The molecule has 0 aromatic carbocycles. The number of unbranched alkanes of at least 4 members (excludes halogenated alkanes) is 20. The number of esters is 2. The summed E-state index contributed by atoms with van der Waals surface area (Å²) in [5, 5.41) is 0. The average Bonchev–Trinajstić information content (AvgIpc) is 3.44. The van der Waals surface area contributed by atoms with Gasteiger partial charge < -0.3 is 20.1 Å². The van der Waals surface area contributed by atoms with Crippen LogP contribution in [0.5, 0.6) is 0 Å². The van der Waals surface area contributed by atoms with Crippen LogP contribution >= 0.6 is 7.82 Å². The van der Waals surface area contributed by atoms with Gasteiger partial charge in [0, 0.05) is 19.4 Å². The van der Waals surface area contributed by atoms with Gasteiger partial charge in [0.25, 0.3) is 0 Å². The molecule has 448 valence electrons. The van der Waals surface area contributed by atoms with E-state index < -0.39 is 32.5 Å². The Balaban J connectivity index is 4.00. The zero-order valence-electron chi connectivity index (χ0n) is 50.0. The third-order valence-electron chi connectivity index (χ3n) is 12.7. The number of carbonyl (C=O) groups excluding carboxylic acids is 2. The number of ether oxygens (including phenoxy) is 2. The molecule has 0 heterocycles.